The topological polar surface area (TPSA) is 59.6 Å². The molecule has 0 aromatic rings. The third-order valence-corrected chi connectivity index (χ3v) is 9.21. The van der Waals surface area contributed by atoms with E-state index in [-0.39, 0.29) is 23.3 Å². The zero-order valence-corrected chi connectivity index (χ0v) is 16.1. The molecule has 0 aliphatic carbocycles. The Morgan fingerprint density at radius 2 is 2.05 bits per heavy atom. The number of piperidine rings is 1. The maximum absolute atomic E-state index is 11.9. The molecule has 1 heterocycles. The van der Waals surface area contributed by atoms with Crippen LogP contribution in [0.5, 0.6) is 0 Å². The molecular formula is C16H34N2O3Si. The van der Waals surface area contributed by atoms with Crippen LogP contribution < -0.4 is 10.6 Å². The number of carbonyl (C=O) groups is 1. The first kappa shape index (κ1) is 19.5. The Kier molecular flexibility index (Phi) is 7.35. The van der Waals surface area contributed by atoms with Crippen molar-refractivity contribution in [2.75, 3.05) is 19.7 Å². The molecule has 2 atom stereocenters. The summed E-state index contributed by atoms with van der Waals surface area (Å²) in [6, 6.07) is -0.0167. The van der Waals surface area contributed by atoms with Gasteiger partial charge in [-0.3, -0.25) is 0 Å². The van der Waals surface area contributed by atoms with Crippen LogP contribution in [0.4, 0.5) is 4.79 Å². The van der Waals surface area contributed by atoms with Gasteiger partial charge in [-0.25, -0.2) is 4.79 Å². The molecule has 1 aliphatic rings. The van der Waals surface area contributed by atoms with Crippen LogP contribution in [-0.2, 0) is 9.16 Å². The SMILES string of the molecule is CCCCOC(=O)NC1CNCCC1O[Si](C)(C)C(C)(C)C. The fourth-order valence-corrected chi connectivity index (χ4v) is 3.57. The van der Waals surface area contributed by atoms with Gasteiger partial charge in [-0.2, -0.15) is 0 Å². The quantitative estimate of drug-likeness (QED) is 0.580. The number of amides is 1. The number of nitrogens with one attached hydrogen (secondary N) is 2. The Bertz CT molecular complexity index is 356. The van der Waals surface area contributed by atoms with Crippen LogP contribution in [0.25, 0.3) is 0 Å². The van der Waals surface area contributed by atoms with Crippen molar-refractivity contribution in [3.8, 4) is 0 Å². The Morgan fingerprint density at radius 3 is 2.64 bits per heavy atom. The summed E-state index contributed by atoms with van der Waals surface area (Å²) in [6.45, 7) is 15.5. The number of carbonyl (C=O) groups excluding carboxylic acids is 1. The molecule has 6 heteroatoms. The van der Waals surface area contributed by atoms with Crippen molar-refractivity contribution in [3.63, 3.8) is 0 Å². The van der Waals surface area contributed by atoms with Crippen molar-refractivity contribution in [2.45, 2.75) is 77.2 Å². The van der Waals surface area contributed by atoms with Gasteiger partial charge >= 0.3 is 6.09 Å². The molecule has 1 fully saturated rings. The zero-order chi connectivity index (χ0) is 16.8. The van der Waals surface area contributed by atoms with Gasteiger partial charge in [0, 0.05) is 6.54 Å². The van der Waals surface area contributed by atoms with Gasteiger partial charge in [-0.15, -0.1) is 0 Å². The fraction of sp³-hybridized carbons (Fsp3) is 0.938. The first-order valence-corrected chi connectivity index (χ1v) is 11.4. The standard InChI is InChI=1S/C16H34N2O3Si/c1-7-8-11-20-15(19)18-13-12-17-10-9-14(13)21-22(5,6)16(2,3)4/h13-14,17H,7-12H2,1-6H3,(H,18,19). The molecule has 1 saturated heterocycles. The van der Waals surface area contributed by atoms with Gasteiger partial charge in [-0.1, -0.05) is 34.1 Å². The van der Waals surface area contributed by atoms with Crippen LogP contribution in [-0.4, -0.2) is 46.3 Å². The molecule has 2 unspecified atom stereocenters. The fourth-order valence-electron chi connectivity index (χ4n) is 2.18. The van der Waals surface area contributed by atoms with E-state index < -0.39 is 8.32 Å². The number of hydrogen-bond donors (Lipinski definition) is 2. The number of alkyl carbamates (subject to hydrolysis) is 1. The molecule has 130 valence electrons. The monoisotopic (exact) mass is 330 g/mol. The van der Waals surface area contributed by atoms with E-state index in [1.807, 2.05) is 0 Å². The lowest BCUT2D eigenvalue weighted by molar-refractivity contribution is 0.0921. The van der Waals surface area contributed by atoms with Gasteiger partial charge < -0.3 is 19.8 Å². The molecule has 0 spiro atoms. The third kappa shape index (κ3) is 5.89. The summed E-state index contributed by atoms with van der Waals surface area (Å²) < 4.78 is 11.7. The van der Waals surface area contributed by atoms with Crippen molar-refractivity contribution in [2.24, 2.45) is 0 Å². The molecule has 0 radical (unpaired) electrons. The highest BCUT2D eigenvalue weighted by atomic mass is 28.4. The summed E-state index contributed by atoms with van der Waals surface area (Å²) in [6.07, 6.45) is 2.59. The van der Waals surface area contributed by atoms with Gasteiger partial charge in [0.15, 0.2) is 8.32 Å². The summed E-state index contributed by atoms with van der Waals surface area (Å²) in [7, 11) is -1.84. The number of unbranched alkanes of at least 4 members (excludes halogenated alkanes) is 1. The molecule has 2 N–H and O–H groups in total. The van der Waals surface area contributed by atoms with Gasteiger partial charge in [0.2, 0.25) is 0 Å². The zero-order valence-electron chi connectivity index (χ0n) is 15.1. The van der Waals surface area contributed by atoms with Crippen molar-refractivity contribution in [1.29, 1.82) is 0 Å². The highest BCUT2D eigenvalue weighted by molar-refractivity contribution is 6.74. The van der Waals surface area contributed by atoms with Crippen LogP contribution in [0.2, 0.25) is 18.1 Å². The molecule has 0 aromatic carbocycles. The second-order valence-electron chi connectivity index (χ2n) is 7.65. The smallest absolute Gasteiger partial charge is 0.407 e. The largest absolute Gasteiger partial charge is 0.450 e. The van der Waals surface area contributed by atoms with Crippen LogP contribution in [0.1, 0.15) is 47.0 Å². The predicted molar refractivity (Wildman–Crippen MR) is 92.7 cm³/mol. The second kappa shape index (κ2) is 8.31. The van der Waals surface area contributed by atoms with Crippen molar-refractivity contribution in [1.82, 2.24) is 10.6 Å². The molecule has 5 nitrogen and oxygen atoms in total. The summed E-state index contributed by atoms with van der Waals surface area (Å²) in [5, 5.41) is 6.47. The average Bonchev–Trinajstić information content (AvgIpc) is 2.40. The van der Waals surface area contributed by atoms with Crippen molar-refractivity contribution < 1.29 is 14.0 Å². The Labute approximate surface area is 136 Å². The van der Waals surface area contributed by atoms with E-state index in [4.69, 9.17) is 9.16 Å². The van der Waals surface area contributed by atoms with Gasteiger partial charge in [0.25, 0.3) is 0 Å². The van der Waals surface area contributed by atoms with Crippen LogP contribution in [0.3, 0.4) is 0 Å². The molecule has 0 aromatic heterocycles. The third-order valence-electron chi connectivity index (χ3n) is 4.71. The Hall–Kier alpha value is -0.593. The Balaban J connectivity index is 2.58. The van der Waals surface area contributed by atoms with E-state index in [0.717, 1.165) is 32.4 Å². The summed E-state index contributed by atoms with van der Waals surface area (Å²) in [5.74, 6) is 0. The van der Waals surface area contributed by atoms with Gasteiger partial charge in [0.1, 0.15) is 0 Å². The number of ether oxygens (including phenoxy) is 1. The highest BCUT2D eigenvalue weighted by Crippen LogP contribution is 2.38. The van der Waals surface area contributed by atoms with Crippen molar-refractivity contribution in [3.05, 3.63) is 0 Å². The van der Waals surface area contributed by atoms with Gasteiger partial charge in [0.05, 0.1) is 18.8 Å². The van der Waals surface area contributed by atoms with E-state index in [1.165, 1.54) is 0 Å². The first-order valence-electron chi connectivity index (χ1n) is 8.49. The van der Waals surface area contributed by atoms with Crippen LogP contribution >= 0.6 is 0 Å². The molecule has 1 amide bonds. The lowest BCUT2D eigenvalue weighted by Crippen LogP contribution is -2.58. The van der Waals surface area contributed by atoms with Crippen LogP contribution in [0.15, 0.2) is 0 Å². The summed E-state index contributed by atoms with van der Waals surface area (Å²) in [5.41, 5.74) is 0. The van der Waals surface area contributed by atoms with Crippen LogP contribution in [0, 0.1) is 0 Å². The highest BCUT2D eigenvalue weighted by Gasteiger charge is 2.41. The molecule has 1 rings (SSSR count). The maximum Gasteiger partial charge on any atom is 0.407 e. The Morgan fingerprint density at radius 1 is 1.36 bits per heavy atom. The number of rotatable bonds is 6. The average molecular weight is 331 g/mol. The number of hydrogen-bond acceptors (Lipinski definition) is 4. The summed E-state index contributed by atoms with van der Waals surface area (Å²) >= 11 is 0. The lowest BCUT2D eigenvalue weighted by atomic mass is 10.0. The van der Waals surface area contributed by atoms with E-state index in [1.54, 1.807) is 0 Å². The summed E-state index contributed by atoms with van der Waals surface area (Å²) in [4.78, 5) is 11.9. The normalized spacial score (nSPS) is 23.2. The van der Waals surface area contributed by atoms with E-state index >= 15 is 0 Å². The minimum Gasteiger partial charge on any atom is -0.450 e. The maximum atomic E-state index is 11.9. The van der Waals surface area contributed by atoms with Gasteiger partial charge in [-0.05, 0) is 37.5 Å². The molecule has 0 saturated carbocycles. The van der Waals surface area contributed by atoms with E-state index in [0.29, 0.717) is 6.61 Å². The molecule has 1 aliphatic heterocycles. The first-order chi connectivity index (χ1) is 10.2. The lowest BCUT2D eigenvalue weighted by Gasteiger charge is -2.43. The van der Waals surface area contributed by atoms with E-state index in [2.05, 4.69) is 51.4 Å². The minimum atomic E-state index is -1.84. The molecular weight excluding hydrogens is 296 g/mol. The van der Waals surface area contributed by atoms with E-state index in [9.17, 15) is 4.79 Å². The predicted octanol–water partition coefficient (Wildman–Crippen LogP) is 3.27. The molecule has 0 bridgehead atoms. The second-order valence-corrected chi connectivity index (χ2v) is 12.4. The van der Waals surface area contributed by atoms with Crippen molar-refractivity contribution >= 4 is 14.4 Å². The minimum absolute atomic E-state index is 0.0167. The molecule has 22 heavy (non-hydrogen) atoms.